The van der Waals surface area contributed by atoms with E-state index in [1.54, 1.807) is 0 Å². The Labute approximate surface area is 99.2 Å². The molecule has 0 aromatic carbocycles. The third kappa shape index (κ3) is 2.41. The third-order valence-corrected chi connectivity index (χ3v) is 4.63. The molecule has 3 rings (SSSR count). The summed E-state index contributed by atoms with van der Waals surface area (Å²) in [6.45, 7) is 9.12. The van der Waals surface area contributed by atoms with Gasteiger partial charge in [-0.1, -0.05) is 12.8 Å². The zero-order chi connectivity index (χ0) is 10.8. The molecule has 2 heterocycles. The zero-order valence-electron chi connectivity index (χ0n) is 10.3. The van der Waals surface area contributed by atoms with Gasteiger partial charge in [-0.15, -0.1) is 0 Å². The van der Waals surface area contributed by atoms with Crippen molar-refractivity contribution in [2.75, 3.05) is 45.8 Å². The van der Waals surface area contributed by atoms with Crippen LogP contribution in [0.3, 0.4) is 0 Å². The minimum Gasteiger partial charge on any atom is -0.316 e. The van der Waals surface area contributed by atoms with Crippen LogP contribution in [-0.4, -0.2) is 61.7 Å². The van der Waals surface area contributed by atoms with Crippen LogP contribution in [0.5, 0.6) is 0 Å². The van der Waals surface area contributed by atoms with E-state index in [4.69, 9.17) is 0 Å². The lowest BCUT2D eigenvalue weighted by atomic mass is 10.0. The van der Waals surface area contributed by atoms with Crippen LogP contribution in [0.25, 0.3) is 0 Å². The van der Waals surface area contributed by atoms with Gasteiger partial charge in [0.15, 0.2) is 0 Å². The van der Waals surface area contributed by atoms with Crippen LogP contribution in [0.1, 0.15) is 25.7 Å². The highest BCUT2D eigenvalue weighted by Crippen LogP contribution is 2.24. The van der Waals surface area contributed by atoms with Crippen LogP contribution in [0, 0.1) is 5.92 Å². The molecular formula is C13H25N3. The average Bonchev–Trinajstić information content (AvgIpc) is 2.78. The second kappa shape index (κ2) is 5.03. The fraction of sp³-hybridized carbons (Fsp3) is 1.00. The summed E-state index contributed by atoms with van der Waals surface area (Å²) in [6, 6.07) is 0.938. The van der Waals surface area contributed by atoms with Gasteiger partial charge in [0.2, 0.25) is 0 Å². The van der Waals surface area contributed by atoms with Crippen molar-refractivity contribution in [1.29, 1.82) is 0 Å². The summed E-state index contributed by atoms with van der Waals surface area (Å²) in [5, 5.41) is 3.37. The molecule has 0 amide bonds. The van der Waals surface area contributed by atoms with E-state index in [1.165, 1.54) is 71.5 Å². The predicted molar refractivity (Wildman–Crippen MR) is 66.6 cm³/mol. The summed E-state index contributed by atoms with van der Waals surface area (Å²) >= 11 is 0. The second-order valence-electron chi connectivity index (χ2n) is 5.80. The summed E-state index contributed by atoms with van der Waals surface area (Å²) in [5.41, 5.74) is 0. The Hall–Kier alpha value is -0.120. The Morgan fingerprint density at radius 3 is 2.19 bits per heavy atom. The van der Waals surface area contributed by atoms with Crippen LogP contribution in [0.2, 0.25) is 0 Å². The molecule has 3 heteroatoms. The molecule has 2 saturated heterocycles. The average molecular weight is 223 g/mol. The van der Waals surface area contributed by atoms with Crippen LogP contribution in [0.4, 0.5) is 0 Å². The van der Waals surface area contributed by atoms with Gasteiger partial charge in [-0.05, 0) is 18.8 Å². The van der Waals surface area contributed by atoms with E-state index in [-0.39, 0.29) is 0 Å². The van der Waals surface area contributed by atoms with Gasteiger partial charge >= 0.3 is 0 Å². The number of nitrogens with zero attached hydrogens (tertiary/aromatic N) is 2. The molecule has 92 valence electrons. The summed E-state index contributed by atoms with van der Waals surface area (Å²) in [7, 11) is 0. The monoisotopic (exact) mass is 223 g/mol. The molecule has 1 aliphatic carbocycles. The lowest BCUT2D eigenvalue weighted by molar-refractivity contribution is 0.0804. The van der Waals surface area contributed by atoms with Crippen molar-refractivity contribution >= 4 is 0 Å². The van der Waals surface area contributed by atoms with Crippen molar-refractivity contribution in [2.45, 2.75) is 31.7 Å². The first-order valence-corrected chi connectivity index (χ1v) is 7.09. The summed E-state index contributed by atoms with van der Waals surface area (Å²) in [4.78, 5) is 5.43. The topological polar surface area (TPSA) is 18.5 Å². The minimum absolute atomic E-state index is 0.938. The highest BCUT2D eigenvalue weighted by atomic mass is 15.3. The van der Waals surface area contributed by atoms with Crippen molar-refractivity contribution in [3.63, 3.8) is 0 Å². The minimum atomic E-state index is 0.938. The Kier molecular flexibility index (Phi) is 3.46. The van der Waals surface area contributed by atoms with Gasteiger partial charge < -0.3 is 10.2 Å². The van der Waals surface area contributed by atoms with E-state index in [9.17, 15) is 0 Å². The van der Waals surface area contributed by atoms with Gasteiger partial charge in [0.25, 0.3) is 0 Å². The molecule has 3 fully saturated rings. The maximum Gasteiger partial charge on any atom is 0.0113 e. The molecule has 1 N–H and O–H groups in total. The molecule has 0 unspecified atom stereocenters. The van der Waals surface area contributed by atoms with Crippen molar-refractivity contribution in [2.24, 2.45) is 5.92 Å². The predicted octanol–water partition coefficient (Wildman–Crippen LogP) is 0.766. The molecule has 3 nitrogen and oxygen atoms in total. The van der Waals surface area contributed by atoms with E-state index in [1.807, 2.05) is 0 Å². The van der Waals surface area contributed by atoms with E-state index in [2.05, 4.69) is 15.1 Å². The zero-order valence-corrected chi connectivity index (χ0v) is 10.3. The number of hydrogen-bond acceptors (Lipinski definition) is 3. The van der Waals surface area contributed by atoms with E-state index in [0.29, 0.717) is 0 Å². The van der Waals surface area contributed by atoms with Crippen molar-refractivity contribution in [1.82, 2.24) is 15.1 Å². The lowest BCUT2D eigenvalue weighted by Gasteiger charge is -2.40. The maximum atomic E-state index is 3.37. The molecule has 0 bridgehead atoms. The van der Waals surface area contributed by atoms with Gasteiger partial charge in [0, 0.05) is 51.9 Å². The fourth-order valence-electron chi connectivity index (χ4n) is 3.42. The fourth-order valence-corrected chi connectivity index (χ4v) is 3.42. The van der Waals surface area contributed by atoms with E-state index < -0.39 is 0 Å². The molecule has 2 aliphatic heterocycles. The Bertz CT molecular complexity index is 213. The Morgan fingerprint density at radius 2 is 1.62 bits per heavy atom. The van der Waals surface area contributed by atoms with Gasteiger partial charge in [0.1, 0.15) is 0 Å². The van der Waals surface area contributed by atoms with Crippen molar-refractivity contribution < 1.29 is 0 Å². The molecule has 0 aromatic rings. The van der Waals surface area contributed by atoms with Gasteiger partial charge in [0.05, 0.1) is 0 Å². The smallest absolute Gasteiger partial charge is 0.0113 e. The largest absolute Gasteiger partial charge is 0.316 e. The normalized spacial score (nSPS) is 30.8. The molecule has 0 aromatic heterocycles. The van der Waals surface area contributed by atoms with Crippen LogP contribution in [-0.2, 0) is 0 Å². The van der Waals surface area contributed by atoms with Crippen molar-refractivity contribution in [3.8, 4) is 0 Å². The first-order valence-electron chi connectivity index (χ1n) is 7.09. The Balaban J connectivity index is 1.40. The summed E-state index contributed by atoms with van der Waals surface area (Å²) in [6.07, 6.45) is 5.87. The molecule has 3 aliphatic rings. The molecule has 16 heavy (non-hydrogen) atoms. The first-order chi connectivity index (χ1) is 7.92. The number of piperazine rings is 1. The first kappa shape index (κ1) is 11.0. The van der Waals surface area contributed by atoms with Gasteiger partial charge in [-0.2, -0.15) is 0 Å². The molecule has 0 radical (unpaired) electrons. The highest BCUT2D eigenvalue weighted by Gasteiger charge is 2.27. The summed E-state index contributed by atoms with van der Waals surface area (Å²) in [5.74, 6) is 0.943. The Morgan fingerprint density at radius 1 is 0.938 bits per heavy atom. The van der Waals surface area contributed by atoms with Gasteiger partial charge in [-0.25, -0.2) is 0 Å². The van der Waals surface area contributed by atoms with Crippen LogP contribution in [0.15, 0.2) is 0 Å². The van der Waals surface area contributed by atoms with Crippen LogP contribution < -0.4 is 5.32 Å². The second-order valence-corrected chi connectivity index (χ2v) is 5.80. The van der Waals surface area contributed by atoms with Crippen molar-refractivity contribution in [3.05, 3.63) is 0 Å². The van der Waals surface area contributed by atoms with E-state index in [0.717, 1.165) is 12.0 Å². The molecule has 1 saturated carbocycles. The molecule has 0 spiro atoms. The highest BCUT2D eigenvalue weighted by molar-refractivity contribution is 4.84. The maximum absolute atomic E-state index is 3.37. The quantitative estimate of drug-likeness (QED) is 0.762. The lowest BCUT2D eigenvalue weighted by Crippen LogP contribution is -2.54. The van der Waals surface area contributed by atoms with E-state index >= 15 is 0 Å². The van der Waals surface area contributed by atoms with Crippen LogP contribution >= 0.6 is 0 Å². The number of hydrogen-bond donors (Lipinski definition) is 1. The SMILES string of the molecule is C1CCC(N2CCN(CC3CNC3)CC2)C1. The standard InChI is InChI=1S/C13H25N3/c1-2-4-13(3-1)16-7-5-15(6-8-16)11-12-9-14-10-12/h12-14H,1-11H2. The third-order valence-electron chi connectivity index (χ3n) is 4.63. The van der Waals surface area contributed by atoms with Gasteiger partial charge in [-0.3, -0.25) is 4.90 Å². The number of nitrogens with one attached hydrogen (secondary N) is 1. The number of rotatable bonds is 3. The molecular weight excluding hydrogens is 198 g/mol. The summed E-state index contributed by atoms with van der Waals surface area (Å²) < 4.78 is 0. The molecule has 0 atom stereocenters.